The van der Waals surface area contributed by atoms with Crippen LogP contribution in [0.5, 0.6) is 0 Å². The second-order valence-corrected chi connectivity index (χ2v) is 6.03. The van der Waals surface area contributed by atoms with Crippen LogP contribution < -0.4 is 11.1 Å². The highest BCUT2D eigenvalue weighted by Gasteiger charge is 2.23. The molecule has 1 amide bonds. The molecule has 5 heteroatoms. The van der Waals surface area contributed by atoms with Crippen molar-refractivity contribution in [1.29, 1.82) is 0 Å². The first-order valence-corrected chi connectivity index (χ1v) is 7.43. The Labute approximate surface area is 117 Å². The highest BCUT2D eigenvalue weighted by molar-refractivity contribution is 7.99. The van der Waals surface area contributed by atoms with Crippen molar-refractivity contribution in [3.8, 4) is 0 Å². The summed E-state index contributed by atoms with van der Waals surface area (Å²) in [6.45, 7) is 1.96. The minimum Gasteiger partial charge on any atom is -0.389 e. The Morgan fingerprint density at radius 2 is 2.33 bits per heavy atom. The minimum atomic E-state index is 0.100. The van der Waals surface area contributed by atoms with E-state index in [1.165, 1.54) is 0 Å². The van der Waals surface area contributed by atoms with Gasteiger partial charge in [0.25, 0.3) is 0 Å². The highest BCUT2D eigenvalue weighted by Crippen LogP contribution is 2.25. The first kappa shape index (κ1) is 13.4. The lowest BCUT2D eigenvalue weighted by atomic mass is 10.1. The third-order valence-corrected chi connectivity index (χ3v) is 4.48. The molecule has 1 saturated heterocycles. The quantitative estimate of drug-likeness (QED) is 0.834. The largest absolute Gasteiger partial charge is 0.389 e. The van der Waals surface area contributed by atoms with Gasteiger partial charge in [-0.25, -0.2) is 0 Å². The summed E-state index contributed by atoms with van der Waals surface area (Å²) in [6, 6.07) is 5.64. The normalized spacial score (nSPS) is 18.6. The first-order valence-electron chi connectivity index (χ1n) is 5.87. The van der Waals surface area contributed by atoms with Crippen LogP contribution in [0.1, 0.15) is 17.5 Å². The van der Waals surface area contributed by atoms with Gasteiger partial charge in [-0.2, -0.15) is 11.8 Å². The van der Waals surface area contributed by atoms with Crippen LogP contribution in [0.4, 0.5) is 5.69 Å². The lowest BCUT2D eigenvalue weighted by molar-refractivity contribution is -0.119. The summed E-state index contributed by atoms with van der Waals surface area (Å²) in [5.74, 6) is 2.22. The van der Waals surface area contributed by atoms with E-state index in [9.17, 15) is 4.79 Å². The fourth-order valence-corrected chi connectivity index (χ4v) is 3.23. The summed E-state index contributed by atoms with van der Waals surface area (Å²) < 4.78 is 0. The molecular weight excluding hydrogens is 264 g/mol. The fraction of sp³-hybridized carbons (Fsp3) is 0.385. The highest BCUT2D eigenvalue weighted by atomic mass is 32.2. The molecule has 1 aromatic carbocycles. The SMILES string of the molecule is Cc1ccc(C(N)=S)cc1NC(=O)C1CCSC1. The Hall–Kier alpha value is -1.07. The standard InChI is InChI=1S/C13H16N2OS2/c1-8-2-3-9(12(14)17)6-11(8)15-13(16)10-4-5-18-7-10/h2-3,6,10H,4-5,7H2,1H3,(H2,14,17)(H,15,16). The Balaban J connectivity index is 2.14. The maximum absolute atomic E-state index is 12.1. The van der Waals surface area contributed by atoms with E-state index in [4.69, 9.17) is 18.0 Å². The number of nitrogens with two attached hydrogens (primary N) is 1. The summed E-state index contributed by atoms with van der Waals surface area (Å²) in [5, 5.41) is 2.98. The van der Waals surface area contributed by atoms with E-state index in [-0.39, 0.29) is 11.8 Å². The number of carbonyl (C=O) groups excluding carboxylic acids is 1. The molecule has 0 radical (unpaired) electrons. The molecule has 96 valence electrons. The molecule has 1 aromatic rings. The maximum atomic E-state index is 12.1. The second kappa shape index (κ2) is 5.71. The maximum Gasteiger partial charge on any atom is 0.228 e. The van der Waals surface area contributed by atoms with Crippen LogP contribution in [-0.4, -0.2) is 22.4 Å². The van der Waals surface area contributed by atoms with Gasteiger partial charge in [-0.3, -0.25) is 4.79 Å². The molecule has 1 aliphatic rings. The number of thioether (sulfide) groups is 1. The van der Waals surface area contributed by atoms with E-state index in [1.807, 2.05) is 36.9 Å². The molecule has 0 aliphatic carbocycles. The van der Waals surface area contributed by atoms with Gasteiger partial charge >= 0.3 is 0 Å². The Morgan fingerprint density at radius 1 is 1.56 bits per heavy atom. The number of hydrogen-bond acceptors (Lipinski definition) is 3. The van der Waals surface area contributed by atoms with Crippen LogP contribution >= 0.6 is 24.0 Å². The predicted octanol–water partition coefficient (Wildman–Crippen LogP) is 2.32. The summed E-state index contributed by atoms with van der Waals surface area (Å²) in [6.07, 6.45) is 0.963. The Bertz CT molecular complexity index is 482. The summed E-state index contributed by atoms with van der Waals surface area (Å²) in [4.78, 5) is 12.4. The topological polar surface area (TPSA) is 55.1 Å². The van der Waals surface area contributed by atoms with Crippen molar-refractivity contribution < 1.29 is 4.79 Å². The second-order valence-electron chi connectivity index (χ2n) is 4.44. The lowest BCUT2D eigenvalue weighted by Gasteiger charge is -2.13. The average Bonchev–Trinajstić information content (AvgIpc) is 2.85. The van der Waals surface area contributed by atoms with Crippen molar-refractivity contribution in [2.45, 2.75) is 13.3 Å². The minimum absolute atomic E-state index is 0.100. The van der Waals surface area contributed by atoms with Crippen LogP contribution in [0.2, 0.25) is 0 Å². The van der Waals surface area contributed by atoms with E-state index in [0.717, 1.165) is 34.7 Å². The van der Waals surface area contributed by atoms with Crippen molar-refractivity contribution in [2.24, 2.45) is 11.7 Å². The van der Waals surface area contributed by atoms with Gasteiger partial charge < -0.3 is 11.1 Å². The molecule has 0 saturated carbocycles. The number of amides is 1. The molecule has 1 heterocycles. The number of anilines is 1. The Kier molecular flexibility index (Phi) is 4.24. The zero-order chi connectivity index (χ0) is 13.1. The van der Waals surface area contributed by atoms with Gasteiger partial charge in [-0.1, -0.05) is 24.4 Å². The number of nitrogens with one attached hydrogen (secondary N) is 1. The molecule has 0 aromatic heterocycles. The van der Waals surface area contributed by atoms with Crippen molar-refractivity contribution in [2.75, 3.05) is 16.8 Å². The number of aryl methyl sites for hydroxylation is 1. The molecule has 2 rings (SSSR count). The molecule has 0 spiro atoms. The van der Waals surface area contributed by atoms with E-state index in [0.29, 0.717) is 4.99 Å². The van der Waals surface area contributed by atoms with E-state index in [1.54, 1.807) is 0 Å². The van der Waals surface area contributed by atoms with Crippen molar-refractivity contribution >= 4 is 40.6 Å². The van der Waals surface area contributed by atoms with Crippen molar-refractivity contribution in [3.05, 3.63) is 29.3 Å². The number of rotatable bonds is 3. The van der Waals surface area contributed by atoms with Crippen molar-refractivity contribution in [1.82, 2.24) is 0 Å². The molecule has 1 atom stereocenters. The molecule has 3 N–H and O–H groups in total. The summed E-state index contributed by atoms with van der Waals surface area (Å²) in [7, 11) is 0. The van der Waals surface area contributed by atoms with Crippen molar-refractivity contribution in [3.63, 3.8) is 0 Å². The molecular formula is C13H16N2OS2. The molecule has 0 bridgehead atoms. The lowest BCUT2D eigenvalue weighted by Crippen LogP contribution is -2.23. The van der Waals surface area contributed by atoms with Crippen LogP contribution in [0.3, 0.4) is 0 Å². The van der Waals surface area contributed by atoms with Gasteiger partial charge in [-0.05, 0) is 30.7 Å². The predicted molar refractivity (Wildman–Crippen MR) is 81.1 cm³/mol. The number of benzene rings is 1. The number of hydrogen-bond donors (Lipinski definition) is 2. The molecule has 18 heavy (non-hydrogen) atoms. The van der Waals surface area contributed by atoms with Crippen LogP contribution in [0.15, 0.2) is 18.2 Å². The zero-order valence-corrected chi connectivity index (χ0v) is 11.9. The van der Waals surface area contributed by atoms with Gasteiger partial charge in [0.2, 0.25) is 5.91 Å². The van der Waals surface area contributed by atoms with Gasteiger partial charge in [0.1, 0.15) is 4.99 Å². The molecule has 1 fully saturated rings. The fourth-order valence-electron chi connectivity index (χ4n) is 1.89. The molecule has 1 unspecified atom stereocenters. The van der Waals surface area contributed by atoms with E-state index < -0.39 is 0 Å². The van der Waals surface area contributed by atoms with Gasteiger partial charge in [0, 0.05) is 22.9 Å². The monoisotopic (exact) mass is 280 g/mol. The first-order chi connectivity index (χ1) is 8.58. The van der Waals surface area contributed by atoms with Gasteiger partial charge in [0.15, 0.2) is 0 Å². The zero-order valence-electron chi connectivity index (χ0n) is 10.2. The van der Waals surface area contributed by atoms with E-state index in [2.05, 4.69) is 5.32 Å². The van der Waals surface area contributed by atoms with Gasteiger partial charge in [0.05, 0.1) is 0 Å². The van der Waals surface area contributed by atoms with E-state index >= 15 is 0 Å². The third-order valence-electron chi connectivity index (χ3n) is 3.08. The molecule has 3 nitrogen and oxygen atoms in total. The third kappa shape index (κ3) is 3.03. The van der Waals surface area contributed by atoms with Crippen LogP contribution in [0.25, 0.3) is 0 Å². The Morgan fingerprint density at radius 3 is 2.94 bits per heavy atom. The average molecular weight is 280 g/mol. The number of carbonyl (C=O) groups is 1. The van der Waals surface area contributed by atoms with Crippen LogP contribution in [-0.2, 0) is 4.79 Å². The molecule has 1 aliphatic heterocycles. The summed E-state index contributed by atoms with van der Waals surface area (Å²) in [5.41, 5.74) is 8.21. The smallest absolute Gasteiger partial charge is 0.228 e. The van der Waals surface area contributed by atoms with Crippen LogP contribution in [0, 0.1) is 12.8 Å². The number of thiocarbonyl (C=S) groups is 1. The summed E-state index contributed by atoms with van der Waals surface area (Å²) >= 11 is 6.78. The van der Waals surface area contributed by atoms with Gasteiger partial charge in [-0.15, -0.1) is 0 Å².